The molecule has 3 heteroatoms. The minimum absolute atomic E-state index is 0.216. The predicted octanol–water partition coefficient (Wildman–Crippen LogP) is 2.57. The standard InChI is InChI=1S/C13H25N3/c1-5-8-14-9-7-13(3,4)12-10-15-16(6-2)11-12/h10-11,14H,5-9H2,1-4H3. The minimum Gasteiger partial charge on any atom is -0.317 e. The molecule has 0 spiro atoms. The second-order valence-electron chi connectivity index (χ2n) is 4.97. The van der Waals surface area contributed by atoms with Gasteiger partial charge in [-0.3, -0.25) is 4.68 Å². The summed E-state index contributed by atoms with van der Waals surface area (Å²) in [5.74, 6) is 0. The van der Waals surface area contributed by atoms with Crippen molar-refractivity contribution in [2.75, 3.05) is 13.1 Å². The molecule has 0 radical (unpaired) electrons. The van der Waals surface area contributed by atoms with Crippen LogP contribution < -0.4 is 5.32 Å². The largest absolute Gasteiger partial charge is 0.317 e. The van der Waals surface area contributed by atoms with Crippen LogP contribution in [-0.4, -0.2) is 22.9 Å². The second kappa shape index (κ2) is 6.04. The van der Waals surface area contributed by atoms with Crippen LogP contribution in [0.1, 0.15) is 46.1 Å². The molecule has 1 rings (SSSR count). The van der Waals surface area contributed by atoms with Gasteiger partial charge in [0.15, 0.2) is 0 Å². The topological polar surface area (TPSA) is 29.9 Å². The molecule has 92 valence electrons. The van der Waals surface area contributed by atoms with Crippen molar-refractivity contribution in [3.63, 3.8) is 0 Å². The Kier molecular flexibility index (Phi) is 5.00. The zero-order valence-electron chi connectivity index (χ0n) is 11.1. The third-order valence-corrected chi connectivity index (χ3v) is 3.09. The highest BCUT2D eigenvalue weighted by Gasteiger charge is 2.21. The van der Waals surface area contributed by atoms with E-state index in [1.165, 1.54) is 12.0 Å². The quantitative estimate of drug-likeness (QED) is 0.720. The van der Waals surface area contributed by atoms with Crippen LogP contribution in [0.25, 0.3) is 0 Å². The fourth-order valence-corrected chi connectivity index (χ4v) is 1.73. The van der Waals surface area contributed by atoms with Gasteiger partial charge >= 0.3 is 0 Å². The van der Waals surface area contributed by atoms with Gasteiger partial charge in [-0.2, -0.15) is 5.10 Å². The first-order valence-electron chi connectivity index (χ1n) is 6.33. The molecule has 0 atom stereocenters. The van der Waals surface area contributed by atoms with E-state index in [2.05, 4.69) is 44.3 Å². The minimum atomic E-state index is 0.216. The normalized spacial score (nSPS) is 12.0. The van der Waals surface area contributed by atoms with Crippen molar-refractivity contribution in [3.05, 3.63) is 18.0 Å². The second-order valence-corrected chi connectivity index (χ2v) is 4.97. The Hall–Kier alpha value is -0.830. The van der Waals surface area contributed by atoms with Gasteiger partial charge in [-0.25, -0.2) is 0 Å². The lowest BCUT2D eigenvalue weighted by Gasteiger charge is -2.23. The molecule has 0 saturated carbocycles. The Labute approximate surface area is 99.2 Å². The fraction of sp³-hybridized carbons (Fsp3) is 0.769. The summed E-state index contributed by atoms with van der Waals surface area (Å²) in [6.07, 6.45) is 6.53. The van der Waals surface area contributed by atoms with Crippen molar-refractivity contribution in [3.8, 4) is 0 Å². The van der Waals surface area contributed by atoms with Gasteiger partial charge in [0.25, 0.3) is 0 Å². The number of aromatic nitrogens is 2. The Morgan fingerprint density at radius 3 is 2.62 bits per heavy atom. The van der Waals surface area contributed by atoms with E-state index in [1.807, 2.05) is 10.9 Å². The van der Waals surface area contributed by atoms with Gasteiger partial charge in [-0.05, 0) is 43.8 Å². The fourth-order valence-electron chi connectivity index (χ4n) is 1.73. The highest BCUT2D eigenvalue weighted by molar-refractivity contribution is 5.16. The maximum absolute atomic E-state index is 4.34. The molecule has 0 aliphatic carbocycles. The highest BCUT2D eigenvalue weighted by Crippen LogP contribution is 2.25. The molecule has 0 saturated heterocycles. The molecule has 0 bridgehead atoms. The molecule has 1 heterocycles. The molecule has 16 heavy (non-hydrogen) atoms. The molecule has 0 amide bonds. The average molecular weight is 223 g/mol. The number of nitrogens with one attached hydrogen (secondary N) is 1. The highest BCUT2D eigenvalue weighted by atomic mass is 15.3. The van der Waals surface area contributed by atoms with E-state index in [4.69, 9.17) is 0 Å². The molecule has 0 fully saturated rings. The molecule has 1 N–H and O–H groups in total. The summed E-state index contributed by atoms with van der Waals surface area (Å²) >= 11 is 0. The number of hydrogen-bond donors (Lipinski definition) is 1. The molecule has 0 aliphatic rings. The van der Waals surface area contributed by atoms with Gasteiger partial charge in [-0.15, -0.1) is 0 Å². The lowest BCUT2D eigenvalue weighted by Crippen LogP contribution is -2.25. The molecule has 3 nitrogen and oxygen atoms in total. The van der Waals surface area contributed by atoms with E-state index >= 15 is 0 Å². The van der Waals surface area contributed by atoms with Crippen LogP contribution in [0.15, 0.2) is 12.4 Å². The zero-order valence-corrected chi connectivity index (χ0v) is 11.1. The maximum atomic E-state index is 4.34. The summed E-state index contributed by atoms with van der Waals surface area (Å²) in [6.45, 7) is 12.0. The van der Waals surface area contributed by atoms with Gasteiger partial charge in [0, 0.05) is 12.7 Å². The van der Waals surface area contributed by atoms with Crippen molar-refractivity contribution >= 4 is 0 Å². The monoisotopic (exact) mass is 223 g/mol. The van der Waals surface area contributed by atoms with Gasteiger partial charge in [0.05, 0.1) is 6.20 Å². The molecular weight excluding hydrogens is 198 g/mol. The first kappa shape index (κ1) is 13.2. The van der Waals surface area contributed by atoms with E-state index in [9.17, 15) is 0 Å². The Balaban J connectivity index is 2.48. The van der Waals surface area contributed by atoms with Crippen LogP contribution in [0.3, 0.4) is 0 Å². The summed E-state index contributed by atoms with van der Waals surface area (Å²) in [4.78, 5) is 0. The lowest BCUT2D eigenvalue weighted by atomic mass is 9.83. The molecule has 1 aromatic rings. The molecule has 0 unspecified atom stereocenters. The van der Waals surface area contributed by atoms with Crippen LogP contribution in [0.2, 0.25) is 0 Å². The van der Waals surface area contributed by atoms with Gasteiger partial charge in [-0.1, -0.05) is 20.8 Å². The van der Waals surface area contributed by atoms with Gasteiger partial charge in [0.2, 0.25) is 0 Å². The van der Waals surface area contributed by atoms with E-state index in [1.54, 1.807) is 0 Å². The van der Waals surface area contributed by atoms with Crippen LogP contribution in [0, 0.1) is 0 Å². The molecule has 0 aliphatic heterocycles. The molecule has 1 aromatic heterocycles. The van der Waals surface area contributed by atoms with Crippen molar-refractivity contribution < 1.29 is 0 Å². The maximum Gasteiger partial charge on any atom is 0.0527 e. The zero-order chi connectivity index (χ0) is 12.0. The third kappa shape index (κ3) is 3.63. The smallest absolute Gasteiger partial charge is 0.0527 e. The summed E-state index contributed by atoms with van der Waals surface area (Å²) in [6, 6.07) is 0. The van der Waals surface area contributed by atoms with Crippen molar-refractivity contribution in [2.24, 2.45) is 0 Å². The SMILES string of the molecule is CCCNCCC(C)(C)c1cnn(CC)c1. The van der Waals surface area contributed by atoms with E-state index < -0.39 is 0 Å². The number of hydrogen-bond acceptors (Lipinski definition) is 2. The predicted molar refractivity (Wildman–Crippen MR) is 68.7 cm³/mol. The van der Waals surface area contributed by atoms with Crippen LogP contribution in [0.4, 0.5) is 0 Å². The lowest BCUT2D eigenvalue weighted by molar-refractivity contribution is 0.456. The number of rotatable bonds is 7. The summed E-state index contributed by atoms with van der Waals surface area (Å²) in [5.41, 5.74) is 1.56. The van der Waals surface area contributed by atoms with Gasteiger partial charge in [0.1, 0.15) is 0 Å². The van der Waals surface area contributed by atoms with E-state index in [-0.39, 0.29) is 5.41 Å². The van der Waals surface area contributed by atoms with Crippen LogP contribution in [0.5, 0.6) is 0 Å². The Morgan fingerprint density at radius 2 is 2.06 bits per heavy atom. The third-order valence-electron chi connectivity index (χ3n) is 3.09. The Bertz CT molecular complexity index is 302. The first-order valence-corrected chi connectivity index (χ1v) is 6.33. The van der Waals surface area contributed by atoms with Gasteiger partial charge < -0.3 is 5.32 Å². The summed E-state index contributed by atoms with van der Waals surface area (Å²) in [5, 5.41) is 7.80. The summed E-state index contributed by atoms with van der Waals surface area (Å²) in [7, 11) is 0. The number of nitrogens with zero attached hydrogens (tertiary/aromatic N) is 2. The van der Waals surface area contributed by atoms with Crippen molar-refractivity contribution in [1.29, 1.82) is 0 Å². The van der Waals surface area contributed by atoms with Crippen molar-refractivity contribution in [2.45, 2.75) is 52.5 Å². The van der Waals surface area contributed by atoms with E-state index in [0.29, 0.717) is 0 Å². The van der Waals surface area contributed by atoms with Crippen LogP contribution >= 0.6 is 0 Å². The number of aryl methyl sites for hydroxylation is 1. The van der Waals surface area contributed by atoms with Crippen molar-refractivity contribution in [1.82, 2.24) is 15.1 Å². The molecule has 0 aromatic carbocycles. The molecular formula is C13H25N3. The first-order chi connectivity index (χ1) is 7.60. The summed E-state index contributed by atoms with van der Waals surface area (Å²) < 4.78 is 2.00. The average Bonchev–Trinajstić information content (AvgIpc) is 2.73. The van der Waals surface area contributed by atoms with Crippen LogP contribution in [-0.2, 0) is 12.0 Å². The Morgan fingerprint density at radius 1 is 1.31 bits per heavy atom. The van der Waals surface area contributed by atoms with E-state index in [0.717, 1.165) is 26.1 Å².